The monoisotopic (exact) mass is 357 g/mol. The molecule has 5 heteroatoms. The van der Waals surface area contributed by atoms with Crippen LogP contribution in [0.3, 0.4) is 0 Å². The van der Waals surface area contributed by atoms with Gasteiger partial charge in [0.1, 0.15) is 5.76 Å². The van der Waals surface area contributed by atoms with Gasteiger partial charge in [-0.3, -0.25) is 14.4 Å². The van der Waals surface area contributed by atoms with E-state index in [1.807, 2.05) is 6.92 Å². The van der Waals surface area contributed by atoms with Gasteiger partial charge in [-0.15, -0.1) is 0 Å². The Kier molecular flexibility index (Phi) is 3.73. The van der Waals surface area contributed by atoms with Crippen molar-refractivity contribution in [2.75, 3.05) is 0 Å². The highest BCUT2D eigenvalue weighted by atomic mass is 16.3. The standard InChI is InChI=1S/C21H27NO4/c1-20-8-7-15-13(14(20)5-6-16(20)18(25)19(22)26)4-3-11-9-12(23)10-17(24)21(11,15)2/h9-10,13-16,23H,3-8H2,1-2H3,(H2,22,26)/t13-,14-,15-,16+,20-,21-/m0/s1. The zero-order valence-corrected chi connectivity index (χ0v) is 15.5. The Morgan fingerprint density at radius 1 is 1.12 bits per heavy atom. The molecule has 0 aromatic rings. The third-order valence-corrected chi connectivity index (χ3v) is 8.27. The van der Waals surface area contributed by atoms with Gasteiger partial charge in [-0.25, -0.2) is 0 Å². The number of amides is 1. The van der Waals surface area contributed by atoms with Crippen LogP contribution in [-0.4, -0.2) is 22.6 Å². The van der Waals surface area contributed by atoms with Gasteiger partial charge in [-0.1, -0.05) is 12.5 Å². The van der Waals surface area contributed by atoms with Crippen LogP contribution in [0.4, 0.5) is 0 Å². The van der Waals surface area contributed by atoms with Crippen molar-refractivity contribution in [3.05, 3.63) is 23.5 Å². The zero-order valence-electron chi connectivity index (χ0n) is 15.5. The fourth-order valence-electron chi connectivity index (χ4n) is 6.90. The van der Waals surface area contributed by atoms with Crippen molar-refractivity contribution in [3.8, 4) is 0 Å². The largest absolute Gasteiger partial charge is 0.508 e. The molecule has 3 N–H and O–H groups in total. The van der Waals surface area contributed by atoms with Crippen LogP contribution in [-0.2, 0) is 14.4 Å². The summed E-state index contributed by atoms with van der Waals surface area (Å²) in [5.74, 6) is -0.482. The van der Waals surface area contributed by atoms with Gasteiger partial charge < -0.3 is 10.8 Å². The summed E-state index contributed by atoms with van der Waals surface area (Å²) < 4.78 is 0. The number of carbonyl (C=O) groups excluding carboxylic acids is 3. The normalized spacial score (nSPS) is 44.3. The van der Waals surface area contributed by atoms with Gasteiger partial charge in [-0.2, -0.15) is 0 Å². The molecule has 26 heavy (non-hydrogen) atoms. The van der Waals surface area contributed by atoms with Crippen molar-refractivity contribution in [2.24, 2.45) is 40.2 Å². The van der Waals surface area contributed by atoms with E-state index in [0.717, 1.165) is 44.1 Å². The Balaban J connectivity index is 1.68. The van der Waals surface area contributed by atoms with Crippen molar-refractivity contribution < 1.29 is 19.5 Å². The lowest BCUT2D eigenvalue weighted by molar-refractivity contribution is -0.143. The second-order valence-electron chi connectivity index (χ2n) is 9.12. The van der Waals surface area contributed by atoms with E-state index in [2.05, 4.69) is 6.92 Å². The van der Waals surface area contributed by atoms with Crippen molar-refractivity contribution in [2.45, 2.75) is 52.4 Å². The number of Topliss-reactive ketones (excluding diaryl/α,β-unsaturated/α-hetero) is 1. The van der Waals surface area contributed by atoms with E-state index in [1.165, 1.54) is 6.08 Å². The Labute approximate surface area is 153 Å². The molecule has 1 amide bonds. The summed E-state index contributed by atoms with van der Waals surface area (Å²) in [6.45, 7) is 4.18. The Bertz CT molecular complexity index is 766. The number of rotatable bonds is 2. The van der Waals surface area contributed by atoms with Crippen LogP contribution < -0.4 is 5.73 Å². The van der Waals surface area contributed by atoms with Crippen LogP contribution >= 0.6 is 0 Å². The average Bonchev–Trinajstić information content (AvgIpc) is 2.92. The summed E-state index contributed by atoms with van der Waals surface area (Å²) in [4.78, 5) is 36.7. The number of primary amides is 1. The molecule has 6 atom stereocenters. The van der Waals surface area contributed by atoms with Gasteiger partial charge in [0.05, 0.1) is 5.41 Å². The second kappa shape index (κ2) is 5.54. The number of ketones is 2. The first-order chi connectivity index (χ1) is 12.2. The maximum absolute atomic E-state index is 12.9. The molecule has 0 saturated heterocycles. The van der Waals surface area contributed by atoms with Gasteiger partial charge in [0.25, 0.3) is 5.91 Å². The van der Waals surface area contributed by atoms with Crippen LogP contribution in [0.2, 0.25) is 0 Å². The molecule has 3 saturated carbocycles. The average molecular weight is 357 g/mol. The van der Waals surface area contributed by atoms with Crippen LogP contribution in [0.1, 0.15) is 52.4 Å². The van der Waals surface area contributed by atoms with Gasteiger partial charge in [0.2, 0.25) is 5.78 Å². The fraction of sp³-hybridized carbons (Fsp3) is 0.667. The first kappa shape index (κ1) is 17.5. The molecule has 4 aliphatic carbocycles. The molecule has 3 fully saturated rings. The number of allylic oxidation sites excluding steroid dienone is 3. The molecule has 5 nitrogen and oxygen atoms in total. The maximum Gasteiger partial charge on any atom is 0.285 e. The number of carbonyl (C=O) groups is 3. The zero-order chi connectivity index (χ0) is 18.9. The Morgan fingerprint density at radius 2 is 1.85 bits per heavy atom. The predicted octanol–water partition coefficient (Wildman–Crippen LogP) is 2.85. The van der Waals surface area contributed by atoms with Crippen molar-refractivity contribution in [3.63, 3.8) is 0 Å². The fourth-order valence-corrected chi connectivity index (χ4v) is 6.90. The Morgan fingerprint density at radius 3 is 2.54 bits per heavy atom. The Hall–Kier alpha value is -1.91. The van der Waals surface area contributed by atoms with Gasteiger partial charge in [0, 0.05) is 12.0 Å². The second-order valence-corrected chi connectivity index (χ2v) is 9.12. The first-order valence-electron chi connectivity index (χ1n) is 9.69. The molecular formula is C21H27NO4. The maximum atomic E-state index is 12.9. The van der Waals surface area contributed by atoms with Crippen molar-refractivity contribution in [1.82, 2.24) is 0 Å². The highest BCUT2D eigenvalue weighted by Crippen LogP contribution is 2.66. The minimum Gasteiger partial charge on any atom is -0.508 e. The van der Waals surface area contributed by atoms with E-state index in [9.17, 15) is 19.5 Å². The molecule has 0 radical (unpaired) electrons. The summed E-state index contributed by atoms with van der Waals surface area (Å²) in [5, 5.41) is 9.85. The molecule has 140 valence electrons. The van der Waals surface area contributed by atoms with Crippen molar-refractivity contribution in [1.29, 1.82) is 0 Å². The van der Waals surface area contributed by atoms with Gasteiger partial charge in [-0.05, 0) is 74.7 Å². The van der Waals surface area contributed by atoms with Crippen LogP contribution in [0.25, 0.3) is 0 Å². The summed E-state index contributed by atoms with van der Waals surface area (Å²) in [6.07, 6.45) is 8.29. The van der Waals surface area contributed by atoms with E-state index in [4.69, 9.17) is 5.73 Å². The molecule has 0 heterocycles. The molecule has 4 aliphatic rings. The molecule has 0 unspecified atom stereocenters. The van der Waals surface area contributed by atoms with E-state index >= 15 is 0 Å². The molecule has 0 aromatic heterocycles. The van der Waals surface area contributed by atoms with Gasteiger partial charge in [0.15, 0.2) is 5.78 Å². The lowest BCUT2D eigenvalue weighted by Crippen LogP contribution is -2.53. The smallest absolute Gasteiger partial charge is 0.285 e. The summed E-state index contributed by atoms with van der Waals surface area (Å²) in [5.41, 5.74) is 5.61. The summed E-state index contributed by atoms with van der Waals surface area (Å²) in [6, 6.07) is 0. The molecule has 0 aromatic carbocycles. The van der Waals surface area contributed by atoms with Crippen LogP contribution in [0, 0.1) is 34.5 Å². The highest BCUT2D eigenvalue weighted by molar-refractivity contribution is 6.36. The summed E-state index contributed by atoms with van der Waals surface area (Å²) in [7, 11) is 0. The summed E-state index contributed by atoms with van der Waals surface area (Å²) >= 11 is 0. The molecule has 0 aliphatic heterocycles. The van der Waals surface area contributed by atoms with Crippen LogP contribution in [0.15, 0.2) is 23.5 Å². The first-order valence-corrected chi connectivity index (χ1v) is 9.69. The van der Waals surface area contributed by atoms with E-state index in [-0.39, 0.29) is 28.8 Å². The molecule has 0 bridgehead atoms. The number of hydrogen-bond donors (Lipinski definition) is 2. The lowest BCUT2D eigenvalue weighted by Gasteiger charge is -2.56. The highest BCUT2D eigenvalue weighted by Gasteiger charge is 2.61. The quantitative estimate of drug-likeness (QED) is 0.743. The topological polar surface area (TPSA) is 97.5 Å². The molecule has 0 spiro atoms. The molecule has 4 rings (SSSR count). The van der Waals surface area contributed by atoms with E-state index < -0.39 is 17.1 Å². The number of aliphatic hydroxyl groups is 1. The van der Waals surface area contributed by atoms with E-state index in [1.54, 1.807) is 6.08 Å². The third kappa shape index (κ3) is 2.12. The third-order valence-electron chi connectivity index (χ3n) is 8.27. The number of fused-ring (bicyclic) bond motifs is 5. The molecular weight excluding hydrogens is 330 g/mol. The van der Waals surface area contributed by atoms with Crippen molar-refractivity contribution >= 4 is 17.5 Å². The minimum atomic E-state index is -0.817. The predicted molar refractivity (Wildman–Crippen MR) is 95.9 cm³/mol. The van der Waals surface area contributed by atoms with Crippen LogP contribution in [0.5, 0.6) is 0 Å². The minimum absolute atomic E-state index is 0.00793. The lowest BCUT2D eigenvalue weighted by atomic mass is 9.47. The van der Waals surface area contributed by atoms with E-state index in [0.29, 0.717) is 11.8 Å². The number of nitrogens with two attached hydrogens (primary N) is 1. The number of hydrogen-bond acceptors (Lipinski definition) is 4. The van der Waals surface area contributed by atoms with Gasteiger partial charge >= 0.3 is 0 Å². The SMILES string of the molecule is C[C@]12C(=O)C=C(O)C=C1CC[C@@H]1[C@@H]2CC[C@]2(C)[C@@H](C(=O)C(N)=O)CC[C@@H]12. The number of aliphatic hydroxyl groups excluding tert-OH is 1.